The molecular weight excluding hydrogens is 226 g/mol. The quantitative estimate of drug-likeness (QED) is 0.834. The van der Waals surface area contributed by atoms with Gasteiger partial charge in [0.25, 0.3) is 0 Å². The van der Waals surface area contributed by atoms with E-state index in [0.29, 0.717) is 0 Å². The molecule has 0 spiro atoms. The molecule has 0 bridgehead atoms. The van der Waals surface area contributed by atoms with Crippen LogP contribution < -0.4 is 5.32 Å². The van der Waals surface area contributed by atoms with Crippen molar-refractivity contribution in [2.75, 3.05) is 5.32 Å². The molecule has 1 N–H and O–H groups in total. The van der Waals surface area contributed by atoms with E-state index >= 15 is 0 Å². The number of rotatable bonds is 4. The third-order valence-corrected chi connectivity index (χ3v) is 4.22. The van der Waals surface area contributed by atoms with Gasteiger partial charge < -0.3 is 5.32 Å². The summed E-state index contributed by atoms with van der Waals surface area (Å²) in [7, 11) is 0. The van der Waals surface area contributed by atoms with E-state index in [1.165, 1.54) is 26.6 Å². The third kappa shape index (κ3) is 2.89. The SMILES string of the molecule is CCc1ccc(CNc2c(C)cccc2C)s1. The average Bonchev–Trinajstić information content (AvgIpc) is 2.76. The van der Waals surface area contributed by atoms with Crippen molar-refractivity contribution in [3.8, 4) is 0 Å². The fourth-order valence-electron chi connectivity index (χ4n) is 1.98. The predicted molar refractivity (Wildman–Crippen MR) is 76.9 cm³/mol. The molecule has 0 saturated heterocycles. The van der Waals surface area contributed by atoms with E-state index in [1.807, 2.05) is 11.3 Å². The van der Waals surface area contributed by atoms with Gasteiger partial charge in [0.2, 0.25) is 0 Å². The van der Waals surface area contributed by atoms with Gasteiger partial charge in [-0.3, -0.25) is 0 Å². The van der Waals surface area contributed by atoms with Crippen molar-refractivity contribution in [3.63, 3.8) is 0 Å². The lowest BCUT2D eigenvalue weighted by molar-refractivity contribution is 1.16. The Bertz CT molecular complexity index is 479. The van der Waals surface area contributed by atoms with Gasteiger partial charge in [-0.1, -0.05) is 25.1 Å². The summed E-state index contributed by atoms with van der Waals surface area (Å²) in [5, 5.41) is 3.55. The van der Waals surface area contributed by atoms with E-state index in [0.717, 1.165) is 13.0 Å². The second kappa shape index (κ2) is 5.37. The molecule has 0 radical (unpaired) electrons. The van der Waals surface area contributed by atoms with E-state index in [-0.39, 0.29) is 0 Å². The molecule has 90 valence electrons. The van der Waals surface area contributed by atoms with Crippen LogP contribution in [0, 0.1) is 13.8 Å². The molecule has 2 heteroatoms. The van der Waals surface area contributed by atoms with Crippen LogP contribution >= 0.6 is 11.3 Å². The number of hydrogen-bond acceptors (Lipinski definition) is 2. The van der Waals surface area contributed by atoms with Crippen LogP contribution in [0.2, 0.25) is 0 Å². The van der Waals surface area contributed by atoms with Gasteiger partial charge in [-0.25, -0.2) is 0 Å². The molecule has 2 rings (SSSR count). The zero-order chi connectivity index (χ0) is 12.3. The molecule has 1 nitrogen and oxygen atoms in total. The summed E-state index contributed by atoms with van der Waals surface area (Å²) in [6.45, 7) is 7.44. The summed E-state index contributed by atoms with van der Waals surface area (Å²) in [6, 6.07) is 10.9. The van der Waals surface area contributed by atoms with Crippen molar-refractivity contribution < 1.29 is 0 Å². The fourth-order valence-corrected chi connectivity index (χ4v) is 2.87. The van der Waals surface area contributed by atoms with Crippen LogP contribution in [0.25, 0.3) is 0 Å². The van der Waals surface area contributed by atoms with E-state index in [9.17, 15) is 0 Å². The number of benzene rings is 1. The van der Waals surface area contributed by atoms with Gasteiger partial charge >= 0.3 is 0 Å². The Morgan fingerprint density at radius 3 is 2.24 bits per heavy atom. The molecule has 0 aliphatic rings. The fraction of sp³-hybridized carbons (Fsp3) is 0.333. The molecule has 0 atom stereocenters. The van der Waals surface area contributed by atoms with E-state index in [4.69, 9.17) is 0 Å². The monoisotopic (exact) mass is 245 g/mol. The number of hydrogen-bond donors (Lipinski definition) is 1. The Morgan fingerprint density at radius 2 is 1.65 bits per heavy atom. The topological polar surface area (TPSA) is 12.0 Å². The highest BCUT2D eigenvalue weighted by molar-refractivity contribution is 7.12. The summed E-state index contributed by atoms with van der Waals surface area (Å²) in [5.41, 5.74) is 3.91. The zero-order valence-corrected chi connectivity index (χ0v) is 11.5. The minimum Gasteiger partial charge on any atom is -0.380 e. The molecule has 0 amide bonds. The molecule has 17 heavy (non-hydrogen) atoms. The molecular formula is C15H19NS. The summed E-state index contributed by atoms with van der Waals surface area (Å²) in [5.74, 6) is 0. The van der Waals surface area contributed by atoms with Crippen LogP contribution in [0.3, 0.4) is 0 Å². The molecule has 0 aliphatic carbocycles. The lowest BCUT2D eigenvalue weighted by atomic mass is 10.1. The first-order valence-electron chi connectivity index (χ1n) is 6.08. The first kappa shape index (κ1) is 12.2. The predicted octanol–water partition coefficient (Wildman–Crippen LogP) is 4.54. The minimum atomic E-state index is 0.927. The van der Waals surface area contributed by atoms with Crippen molar-refractivity contribution in [1.82, 2.24) is 0 Å². The first-order chi connectivity index (χ1) is 8.20. The Morgan fingerprint density at radius 1 is 1.00 bits per heavy atom. The highest BCUT2D eigenvalue weighted by Gasteiger charge is 2.03. The van der Waals surface area contributed by atoms with E-state index in [2.05, 4.69) is 56.4 Å². The number of thiophene rings is 1. The molecule has 2 aromatic rings. The summed E-state index contributed by atoms with van der Waals surface area (Å²) >= 11 is 1.90. The molecule has 0 fully saturated rings. The zero-order valence-electron chi connectivity index (χ0n) is 10.7. The first-order valence-corrected chi connectivity index (χ1v) is 6.90. The van der Waals surface area contributed by atoms with Crippen molar-refractivity contribution >= 4 is 17.0 Å². The van der Waals surface area contributed by atoms with Gasteiger partial charge in [-0.05, 0) is 43.5 Å². The average molecular weight is 245 g/mol. The molecule has 0 unspecified atom stereocenters. The third-order valence-electron chi connectivity index (χ3n) is 2.99. The van der Waals surface area contributed by atoms with Crippen LogP contribution in [0.5, 0.6) is 0 Å². The maximum Gasteiger partial charge on any atom is 0.0494 e. The smallest absolute Gasteiger partial charge is 0.0494 e. The maximum absolute atomic E-state index is 3.55. The molecule has 0 aliphatic heterocycles. The maximum atomic E-state index is 3.55. The van der Waals surface area contributed by atoms with Gasteiger partial charge in [0.15, 0.2) is 0 Å². The molecule has 1 aromatic carbocycles. The van der Waals surface area contributed by atoms with Crippen molar-refractivity contribution in [3.05, 3.63) is 51.2 Å². The van der Waals surface area contributed by atoms with E-state index < -0.39 is 0 Å². The lowest BCUT2D eigenvalue weighted by Crippen LogP contribution is -2.01. The Kier molecular flexibility index (Phi) is 3.85. The van der Waals surface area contributed by atoms with Crippen LogP contribution in [0.15, 0.2) is 30.3 Å². The van der Waals surface area contributed by atoms with Gasteiger partial charge in [0.1, 0.15) is 0 Å². The second-order valence-corrected chi connectivity index (χ2v) is 5.59. The molecule has 1 heterocycles. The number of anilines is 1. The number of nitrogens with one attached hydrogen (secondary N) is 1. The Hall–Kier alpha value is -1.28. The highest BCUT2D eigenvalue weighted by atomic mass is 32.1. The van der Waals surface area contributed by atoms with Crippen molar-refractivity contribution in [2.45, 2.75) is 33.7 Å². The summed E-state index contributed by atoms with van der Waals surface area (Å²) in [6.07, 6.45) is 1.13. The van der Waals surface area contributed by atoms with Crippen molar-refractivity contribution in [1.29, 1.82) is 0 Å². The van der Waals surface area contributed by atoms with Crippen LogP contribution in [0.1, 0.15) is 27.8 Å². The van der Waals surface area contributed by atoms with Crippen LogP contribution in [0.4, 0.5) is 5.69 Å². The largest absolute Gasteiger partial charge is 0.380 e. The Labute approximate surface area is 108 Å². The van der Waals surface area contributed by atoms with Crippen LogP contribution in [-0.2, 0) is 13.0 Å². The highest BCUT2D eigenvalue weighted by Crippen LogP contribution is 2.22. The van der Waals surface area contributed by atoms with E-state index in [1.54, 1.807) is 0 Å². The standard InChI is InChI=1S/C15H19NS/c1-4-13-8-9-14(17-13)10-16-15-11(2)6-5-7-12(15)3/h5-9,16H,4,10H2,1-3H3. The second-order valence-electron chi connectivity index (χ2n) is 4.34. The summed E-state index contributed by atoms with van der Waals surface area (Å²) < 4.78 is 0. The van der Waals surface area contributed by atoms with Crippen LogP contribution in [-0.4, -0.2) is 0 Å². The minimum absolute atomic E-state index is 0.927. The Balaban J connectivity index is 2.07. The molecule has 0 saturated carbocycles. The van der Waals surface area contributed by atoms with Crippen molar-refractivity contribution in [2.24, 2.45) is 0 Å². The normalized spacial score (nSPS) is 10.5. The van der Waals surface area contributed by atoms with Gasteiger partial charge in [-0.15, -0.1) is 11.3 Å². The van der Waals surface area contributed by atoms with Gasteiger partial charge in [0, 0.05) is 22.0 Å². The lowest BCUT2D eigenvalue weighted by Gasteiger charge is -2.11. The van der Waals surface area contributed by atoms with Gasteiger partial charge in [-0.2, -0.15) is 0 Å². The molecule has 1 aromatic heterocycles. The number of para-hydroxylation sites is 1. The number of aryl methyl sites for hydroxylation is 3. The summed E-state index contributed by atoms with van der Waals surface area (Å²) in [4.78, 5) is 2.87. The van der Waals surface area contributed by atoms with Gasteiger partial charge in [0.05, 0.1) is 0 Å².